The maximum Gasteiger partial charge on any atom is 0.259 e. The molecule has 2 amide bonds. The van der Waals surface area contributed by atoms with E-state index in [9.17, 15) is 36.6 Å². The third kappa shape index (κ3) is 6.06. The summed E-state index contributed by atoms with van der Waals surface area (Å²) >= 11 is 23.7. The number of nitrogens with zero attached hydrogens (tertiary/aromatic N) is 1. The average molecular weight is 716 g/mol. The molecule has 0 saturated heterocycles. The van der Waals surface area contributed by atoms with Gasteiger partial charge in [-0.05, 0) is 54.1 Å². The summed E-state index contributed by atoms with van der Waals surface area (Å²) < 4.78 is 53.1. The third-order valence-electron chi connectivity index (χ3n) is 6.56. The number of carbonyl (C=O) groups excluding carboxylic acids is 2. The fourth-order valence-corrected chi connectivity index (χ4v) is 8.52. The molecule has 0 fully saturated rings. The maximum absolute atomic E-state index is 13.5. The van der Waals surface area contributed by atoms with E-state index in [1.807, 2.05) is 0 Å². The SMILES string of the molecule is O=C(Nc1ccccc1S(=O)(=O)Cc1ccc2c(c1)S(=O)(=O)CN2C(=O)c1cc(Cl)c(O)c(Cl)c1)c1cc(Cl)c(O)c(Cl)c1. The number of aromatic hydroxyl groups is 2. The smallest absolute Gasteiger partial charge is 0.259 e. The average Bonchev–Trinajstić information content (AvgIpc) is 3.23. The Morgan fingerprint density at radius 1 is 0.818 bits per heavy atom. The number of rotatable bonds is 6. The number of halogens is 4. The number of sulfone groups is 2. The number of fused-ring (bicyclic) bond motifs is 1. The second kappa shape index (κ2) is 11.8. The molecule has 4 aromatic rings. The summed E-state index contributed by atoms with van der Waals surface area (Å²) in [5, 5.41) is 21.3. The molecule has 10 nitrogen and oxygen atoms in total. The molecule has 1 aliphatic rings. The monoisotopic (exact) mass is 714 g/mol. The van der Waals surface area contributed by atoms with Crippen molar-refractivity contribution in [3.05, 3.63) is 104 Å². The van der Waals surface area contributed by atoms with Crippen LogP contribution in [0, 0.1) is 0 Å². The highest BCUT2D eigenvalue weighted by molar-refractivity contribution is 7.92. The molecule has 1 heterocycles. The zero-order chi connectivity index (χ0) is 32.1. The standard InChI is InChI=1S/C28H18Cl4N2O8S2/c29-17-8-15(9-18(30)25(17)35)27(37)33-21-3-1-2-4-23(21)43(39,40)12-14-5-6-22-24(7-14)44(41,42)13-34(22)28(38)16-10-19(31)26(36)20(32)11-16/h1-11,35-36H,12-13H2,(H,33,37). The predicted molar refractivity (Wildman–Crippen MR) is 167 cm³/mol. The van der Waals surface area contributed by atoms with Crippen LogP contribution in [-0.2, 0) is 25.4 Å². The first kappa shape index (κ1) is 31.9. The Balaban J connectivity index is 1.43. The zero-order valence-electron chi connectivity index (χ0n) is 21.9. The summed E-state index contributed by atoms with van der Waals surface area (Å²) in [5.41, 5.74) is -0.0340. The van der Waals surface area contributed by atoms with E-state index in [1.54, 1.807) is 0 Å². The molecule has 0 bridgehead atoms. The van der Waals surface area contributed by atoms with E-state index in [1.165, 1.54) is 54.6 Å². The largest absolute Gasteiger partial charge is 0.505 e. The number of carbonyl (C=O) groups is 2. The van der Waals surface area contributed by atoms with Gasteiger partial charge >= 0.3 is 0 Å². The molecule has 0 spiro atoms. The Hall–Kier alpha value is -3.52. The topological polar surface area (TPSA) is 158 Å². The van der Waals surface area contributed by atoms with E-state index in [2.05, 4.69) is 5.32 Å². The second-order valence-electron chi connectivity index (χ2n) is 9.57. The van der Waals surface area contributed by atoms with Crippen molar-refractivity contribution in [2.45, 2.75) is 15.5 Å². The van der Waals surface area contributed by atoms with Crippen LogP contribution >= 0.6 is 46.4 Å². The van der Waals surface area contributed by atoms with E-state index >= 15 is 0 Å². The number of benzene rings is 4. The summed E-state index contributed by atoms with van der Waals surface area (Å²) in [7, 11) is -8.22. The number of para-hydroxylation sites is 1. The lowest BCUT2D eigenvalue weighted by molar-refractivity contribution is 0.0989. The van der Waals surface area contributed by atoms with Crippen molar-refractivity contribution in [3.63, 3.8) is 0 Å². The van der Waals surface area contributed by atoms with Crippen LogP contribution in [0.3, 0.4) is 0 Å². The number of phenolic OH excluding ortho intramolecular Hbond substituents is 2. The van der Waals surface area contributed by atoms with Gasteiger partial charge in [0.1, 0.15) is 5.88 Å². The molecule has 0 unspecified atom stereocenters. The summed E-state index contributed by atoms with van der Waals surface area (Å²) in [6.07, 6.45) is 0. The molecule has 0 saturated carbocycles. The van der Waals surface area contributed by atoms with Crippen LogP contribution in [0.25, 0.3) is 0 Å². The third-order valence-corrected chi connectivity index (χ3v) is 11.1. The molecule has 16 heteroatoms. The summed E-state index contributed by atoms with van der Waals surface area (Å²) in [5.74, 6) is -3.70. The molecule has 44 heavy (non-hydrogen) atoms. The van der Waals surface area contributed by atoms with Crippen LogP contribution in [0.5, 0.6) is 11.5 Å². The lowest BCUT2D eigenvalue weighted by Gasteiger charge is -2.17. The molecule has 0 atom stereocenters. The van der Waals surface area contributed by atoms with Gasteiger partial charge in [-0.2, -0.15) is 0 Å². The van der Waals surface area contributed by atoms with Gasteiger partial charge in [0.05, 0.1) is 47.0 Å². The van der Waals surface area contributed by atoms with Gasteiger partial charge in [-0.1, -0.05) is 64.6 Å². The Bertz CT molecular complexity index is 2060. The molecule has 0 radical (unpaired) electrons. The van der Waals surface area contributed by atoms with Gasteiger partial charge in [-0.15, -0.1) is 0 Å². The summed E-state index contributed by atoms with van der Waals surface area (Å²) in [6.45, 7) is 0. The van der Waals surface area contributed by atoms with Crippen molar-refractivity contribution >= 4 is 89.3 Å². The van der Waals surface area contributed by atoms with Gasteiger partial charge < -0.3 is 15.5 Å². The van der Waals surface area contributed by atoms with Crippen molar-refractivity contribution < 1.29 is 36.6 Å². The van der Waals surface area contributed by atoms with Crippen LogP contribution in [0.2, 0.25) is 20.1 Å². The van der Waals surface area contributed by atoms with Crippen LogP contribution in [0.1, 0.15) is 26.3 Å². The van der Waals surface area contributed by atoms with Crippen LogP contribution in [0.4, 0.5) is 11.4 Å². The Labute approximate surface area is 271 Å². The van der Waals surface area contributed by atoms with Crippen molar-refractivity contribution in [1.29, 1.82) is 0 Å². The van der Waals surface area contributed by atoms with Crippen LogP contribution in [0.15, 0.2) is 76.5 Å². The highest BCUT2D eigenvalue weighted by Gasteiger charge is 2.37. The Kier molecular flexibility index (Phi) is 8.53. The molecule has 0 aliphatic carbocycles. The molecule has 4 aromatic carbocycles. The first-order valence-electron chi connectivity index (χ1n) is 12.3. The predicted octanol–water partition coefficient (Wildman–Crippen LogP) is 6.33. The van der Waals surface area contributed by atoms with Crippen LogP contribution < -0.4 is 10.2 Å². The van der Waals surface area contributed by atoms with Gasteiger partial charge in [0, 0.05) is 11.1 Å². The minimum Gasteiger partial charge on any atom is -0.505 e. The number of phenols is 2. The zero-order valence-corrected chi connectivity index (χ0v) is 26.5. The molecule has 1 aliphatic heterocycles. The minimum absolute atomic E-state index is 0.0235. The lowest BCUT2D eigenvalue weighted by atomic mass is 10.1. The molecule has 0 aromatic heterocycles. The lowest BCUT2D eigenvalue weighted by Crippen LogP contribution is -2.30. The first-order chi connectivity index (χ1) is 20.6. The maximum atomic E-state index is 13.5. The quantitative estimate of drug-likeness (QED) is 0.209. The number of nitrogens with one attached hydrogen (secondary N) is 1. The van der Waals surface area contributed by atoms with Crippen molar-refractivity contribution in [2.24, 2.45) is 0 Å². The van der Waals surface area contributed by atoms with E-state index in [-0.39, 0.29) is 57.9 Å². The van der Waals surface area contributed by atoms with Gasteiger partial charge in [-0.3, -0.25) is 14.5 Å². The normalized spacial score (nSPS) is 13.9. The van der Waals surface area contributed by atoms with Gasteiger partial charge in [0.2, 0.25) is 0 Å². The van der Waals surface area contributed by atoms with Crippen molar-refractivity contribution in [2.75, 3.05) is 16.1 Å². The van der Waals surface area contributed by atoms with E-state index in [4.69, 9.17) is 46.4 Å². The molecular weight excluding hydrogens is 698 g/mol. The number of hydrogen-bond acceptors (Lipinski definition) is 8. The summed E-state index contributed by atoms with van der Waals surface area (Å²) in [6, 6.07) is 14.1. The van der Waals surface area contributed by atoms with Crippen LogP contribution in [-0.4, -0.2) is 44.7 Å². The van der Waals surface area contributed by atoms with Gasteiger partial charge in [-0.25, -0.2) is 16.8 Å². The van der Waals surface area contributed by atoms with E-state index in [0.29, 0.717) is 0 Å². The number of hydrogen-bond donors (Lipinski definition) is 3. The molecule has 3 N–H and O–H groups in total. The second-order valence-corrected chi connectivity index (χ2v) is 15.1. The fourth-order valence-electron chi connectivity index (χ4n) is 4.47. The fraction of sp³-hybridized carbons (Fsp3) is 0.0714. The van der Waals surface area contributed by atoms with Crippen molar-refractivity contribution in [1.82, 2.24) is 0 Å². The Morgan fingerprint density at radius 3 is 1.95 bits per heavy atom. The molecule has 5 rings (SSSR count). The molecule has 228 valence electrons. The highest BCUT2D eigenvalue weighted by atomic mass is 35.5. The number of amides is 2. The Morgan fingerprint density at radius 2 is 1.36 bits per heavy atom. The van der Waals surface area contributed by atoms with Gasteiger partial charge in [0.15, 0.2) is 31.2 Å². The van der Waals surface area contributed by atoms with E-state index in [0.717, 1.165) is 17.0 Å². The molecular formula is C28H18Cl4N2O8S2. The van der Waals surface area contributed by atoms with Gasteiger partial charge in [0.25, 0.3) is 11.8 Å². The first-order valence-corrected chi connectivity index (χ1v) is 17.1. The van der Waals surface area contributed by atoms with Crippen molar-refractivity contribution in [3.8, 4) is 11.5 Å². The minimum atomic E-state index is -4.17. The summed E-state index contributed by atoms with van der Waals surface area (Å²) in [4.78, 5) is 26.6. The highest BCUT2D eigenvalue weighted by Crippen LogP contribution is 2.39. The van der Waals surface area contributed by atoms with E-state index < -0.39 is 54.6 Å². The number of anilines is 2.